The Morgan fingerprint density at radius 2 is 2.09 bits per heavy atom. The van der Waals surface area contributed by atoms with Crippen molar-refractivity contribution in [3.63, 3.8) is 0 Å². The Hall–Kier alpha value is -0.410. The third-order valence-corrected chi connectivity index (χ3v) is 1.87. The average molecular weight is 218 g/mol. The van der Waals surface area contributed by atoms with E-state index in [0.717, 1.165) is 10.0 Å². The third kappa shape index (κ3) is 2.27. The van der Waals surface area contributed by atoms with Crippen LogP contribution in [0.5, 0.6) is 0 Å². The molecule has 0 aliphatic carbocycles. The Kier molecular flexibility index (Phi) is 2.62. The third-order valence-electron chi connectivity index (χ3n) is 1.41. The molecule has 0 bridgehead atoms. The van der Waals surface area contributed by atoms with E-state index in [-0.39, 0.29) is 11.9 Å². The van der Waals surface area contributed by atoms with Crippen LogP contribution in [0.15, 0.2) is 22.7 Å². The van der Waals surface area contributed by atoms with Crippen LogP contribution in [0.3, 0.4) is 0 Å². The van der Waals surface area contributed by atoms with Gasteiger partial charge in [0, 0.05) is 10.5 Å². The molecule has 11 heavy (non-hydrogen) atoms. The largest absolute Gasteiger partial charge is 0.324 e. The lowest BCUT2D eigenvalue weighted by molar-refractivity contribution is 0.621. The smallest absolute Gasteiger partial charge is 0.124 e. The van der Waals surface area contributed by atoms with Crippen molar-refractivity contribution < 1.29 is 4.39 Å². The minimum Gasteiger partial charge on any atom is -0.324 e. The maximum Gasteiger partial charge on any atom is 0.124 e. The monoisotopic (exact) mass is 217 g/mol. The second-order valence-electron chi connectivity index (χ2n) is 2.49. The van der Waals surface area contributed by atoms with Gasteiger partial charge in [0.2, 0.25) is 0 Å². The summed E-state index contributed by atoms with van der Waals surface area (Å²) in [6.07, 6.45) is 0. The van der Waals surface area contributed by atoms with Gasteiger partial charge in [0.15, 0.2) is 0 Å². The Labute approximate surface area is 73.5 Å². The highest BCUT2D eigenvalue weighted by molar-refractivity contribution is 9.10. The minimum atomic E-state index is -0.258. The molecule has 0 saturated heterocycles. The van der Waals surface area contributed by atoms with Crippen molar-refractivity contribution in [1.29, 1.82) is 0 Å². The van der Waals surface area contributed by atoms with Crippen molar-refractivity contribution in [3.05, 3.63) is 34.1 Å². The fraction of sp³-hybridized carbons (Fsp3) is 0.250. The molecule has 60 valence electrons. The molecular formula is C8H9BrFN. The summed E-state index contributed by atoms with van der Waals surface area (Å²) in [5.74, 6) is -0.258. The molecule has 0 aliphatic heterocycles. The van der Waals surface area contributed by atoms with Crippen molar-refractivity contribution in [2.75, 3.05) is 0 Å². The predicted octanol–water partition coefficient (Wildman–Crippen LogP) is 2.61. The Morgan fingerprint density at radius 1 is 1.45 bits per heavy atom. The molecule has 0 unspecified atom stereocenters. The quantitative estimate of drug-likeness (QED) is 0.770. The summed E-state index contributed by atoms with van der Waals surface area (Å²) in [7, 11) is 0. The Bertz CT molecular complexity index is 240. The highest BCUT2D eigenvalue weighted by atomic mass is 79.9. The topological polar surface area (TPSA) is 26.0 Å². The van der Waals surface area contributed by atoms with E-state index in [1.807, 2.05) is 13.0 Å². The lowest BCUT2D eigenvalue weighted by Gasteiger charge is -2.05. The summed E-state index contributed by atoms with van der Waals surface area (Å²) >= 11 is 3.19. The van der Waals surface area contributed by atoms with Crippen LogP contribution >= 0.6 is 15.9 Å². The molecule has 2 N–H and O–H groups in total. The van der Waals surface area contributed by atoms with Gasteiger partial charge < -0.3 is 5.73 Å². The fourth-order valence-electron chi connectivity index (χ4n) is 0.838. The molecule has 0 fully saturated rings. The minimum absolute atomic E-state index is 0.123. The molecule has 0 radical (unpaired) electrons. The Morgan fingerprint density at radius 3 is 2.55 bits per heavy atom. The summed E-state index contributed by atoms with van der Waals surface area (Å²) in [6, 6.07) is 4.54. The van der Waals surface area contributed by atoms with Gasteiger partial charge in [-0.25, -0.2) is 4.39 Å². The van der Waals surface area contributed by atoms with E-state index in [0.29, 0.717) is 0 Å². The molecule has 1 nitrogen and oxygen atoms in total. The number of nitrogens with two attached hydrogens (primary N) is 1. The second-order valence-corrected chi connectivity index (χ2v) is 3.41. The summed E-state index contributed by atoms with van der Waals surface area (Å²) in [6.45, 7) is 1.82. The van der Waals surface area contributed by atoms with Crippen LogP contribution in [0.25, 0.3) is 0 Å². The van der Waals surface area contributed by atoms with Gasteiger partial charge in [-0.1, -0.05) is 15.9 Å². The van der Waals surface area contributed by atoms with Gasteiger partial charge in [-0.15, -0.1) is 0 Å². The molecule has 0 amide bonds. The van der Waals surface area contributed by atoms with Gasteiger partial charge in [0.1, 0.15) is 5.82 Å². The SMILES string of the molecule is C[C@H](N)c1cc(F)cc(Br)c1. The normalized spacial score (nSPS) is 13.1. The standard InChI is InChI=1S/C8H9BrFN/c1-5(11)6-2-7(9)4-8(10)3-6/h2-5H,11H2,1H3/t5-/m0/s1. The van der Waals surface area contributed by atoms with E-state index < -0.39 is 0 Å². The van der Waals surface area contributed by atoms with Crippen LogP contribution < -0.4 is 5.73 Å². The maximum absolute atomic E-state index is 12.7. The van der Waals surface area contributed by atoms with E-state index in [2.05, 4.69) is 15.9 Å². The first-order valence-electron chi connectivity index (χ1n) is 3.31. The second kappa shape index (κ2) is 3.32. The van der Waals surface area contributed by atoms with Crippen molar-refractivity contribution in [3.8, 4) is 0 Å². The van der Waals surface area contributed by atoms with Crippen molar-refractivity contribution in [1.82, 2.24) is 0 Å². The zero-order valence-corrected chi connectivity index (χ0v) is 7.73. The Balaban J connectivity index is 3.08. The fourth-order valence-corrected chi connectivity index (χ4v) is 1.32. The first-order chi connectivity index (χ1) is 5.09. The summed E-state index contributed by atoms with van der Waals surface area (Å²) in [5.41, 5.74) is 6.37. The summed E-state index contributed by atoms with van der Waals surface area (Å²) in [4.78, 5) is 0. The molecular weight excluding hydrogens is 209 g/mol. The van der Waals surface area contributed by atoms with Crippen molar-refractivity contribution in [2.45, 2.75) is 13.0 Å². The molecule has 1 aromatic carbocycles. The molecule has 3 heteroatoms. The van der Waals surface area contributed by atoms with E-state index in [1.165, 1.54) is 12.1 Å². The van der Waals surface area contributed by atoms with Gasteiger partial charge in [0.25, 0.3) is 0 Å². The molecule has 0 aromatic heterocycles. The number of benzene rings is 1. The molecule has 0 heterocycles. The molecule has 0 spiro atoms. The number of hydrogen-bond donors (Lipinski definition) is 1. The first-order valence-corrected chi connectivity index (χ1v) is 4.10. The van der Waals surface area contributed by atoms with Crippen LogP contribution in [0.2, 0.25) is 0 Å². The number of hydrogen-bond acceptors (Lipinski definition) is 1. The van der Waals surface area contributed by atoms with Gasteiger partial charge >= 0.3 is 0 Å². The van der Waals surface area contributed by atoms with Crippen molar-refractivity contribution in [2.24, 2.45) is 5.73 Å². The molecule has 1 aromatic rings. The number of rotatable bonds is 1. The van der Waals surface area contributed by atoms with E-state index in [9.17, 15) is 4.39 Å². The molecule has 1 atom stereocenters. The van der Waals surface area contributed by atoms with Gasteiger partial charge in [-0.2, -0.15) is 0 Å². The predicted molar refractivity (Wildman–Crippen MR) is 46.7 cm³/mol. The lowest BCUT2D eigenvalue weighted by Crippen LogP contribution is -2.04. The zero-order chi connectivity index (χ0) is 8.43. The van der Waals surface area contributed by atoms with E-state index in [1.54, 1.807) is 0 Å². The van der Waals surface area contributed by atoms with Crippen LogP contribution in [-0.4, -0.2) is 0 Å². The van der Waals surface area contributed by atoms with Crippen molar-refractivity contribution >= 4 is 15.9 Å². The highest BCUT2D eigenvalue weighted by Gasteiger charge is 2.02. The maximum atomic E-state index is 12.7. The van der Waals surface area contributed by atoms with Crippen LogP contribution in [-0.2, 0) is 0 Å². The van der Waals surface area contributed by atoms with Crippen LogP contribution in [0.4, 0.5) is 4.39 Å². The lowest BCUT2D eigenvalue weighted by atomic mass is 10.1. The van der Waals surface area contributed by atoms with Crippen LogP contribution in [0, 0.1) is 5.82 Å². The van der Waals surface area contributed by atoms with Crippen LogP contribution in [0.1, 0.15) is 18.5 Å². The van der Waals surface area contributed by atoms with Gasteiger partial charge in [0.05, 0.1) is 0 Å². The summed E-state index contributed by atoms with van der Waals surface area (Å²) < 4.78 is 13.4. The highest BCUT2D eigenvalue weighted by Crippen LogP contribution is 2.18. The molecule has 0 saturated carbocycles. The molecule has 0 aliphatic rings. The average Bonchev–Trinajstić information content (AvgIpc) is 1.85. The number of halogens is 2. The zero-order valence-electron chi connectivity index (χ0n) is 6.14. The summed E-state index contributed by atoms with van der Waals surface area (Å²) in [5, 5.41) is 0. The van der Waals surface area contributed by atoms with Gasteiger partial charge in [-0.05, 0) is 30.7 Å². The van der Waals surface area contributed by atoms with E-state index >= 15 is 0 Å². The first kappa shape index (κ1) is 8.68. The van der Waals surface area contributed by atoms with E-state index in [4.69, 9.17) is 5.73 Å². The molecule has 1 rings (SSSR count). The van der Waals surface area contributed by atoms with Gasteiger partial charge in [-0.3, -0.25) is 0 Å².